The Balaban J connectivity index is 2.12. The highest BCUT2D eigenvalue weighted by atomic mass is 19.4. The van der Waals surface area contributed by atoms with Crippen molar-refractivity contribution in [3.05, 3.63) is 59.7 Å². The maximum Gasteiger partial charge on any atom is 0.407 e. The molecular weight excluding hydrogens is 351 g/mol. The van der Waals surface area contributed by atoms with Crippen molar-refractivity contribution in [2.75, 3.05) is 11.9 Å². The molecular formula is C17H14F3N3O3. The molecule has 0 unspecified atom stereocenters. The number of rotatable bonds is 5. The Bertz CT molecular complexity index is 831. The summed E-state index contributed by atoms with van der Waals surface area (Å²) >= 11 is 0. The van der Waals surface area contributed by atoms with Crippen molar-refractivity contribution < 1.29 is 27.8 Å². The molecule has 0 aliphatic heterocycles. The molecule has 1 atom stereocenters. The number of halogens is 3. The summed E-state index contributed by atoms with van der Waals surface area (Å²) in [4.78, 5) is 18.8. The van der Waals surface area contributed by atoms with Gasteiger partial charge in [-0.15, -0.1) is 0 Å². The Kier molecular flexibility index (Phi) is 5.47. The lowest BCUT2D eigenvalue weighted by Gasteiger charge is -2.23. The number of carbonyl (C=O) groups excluding carboxylic acids is 1. The van der Waals surface area contributed by atoms with Gasteiger partial charge in [0.05, 0.1) is 12.1 Å². The van der Waals surface area contributed by atoms with Gasteiger partial charge in [0.2, 0.25) is 0 Å². The average molecular weight is 365 g/mol. The van der Waals surface area contributed by atoms with E-state index in [-0.39, 0.29) is 5.69 Å². The van der Waals surface area contributed by atoms with Crippen LogP contribution in [-0.2, 0) is 11.0 Å². The number of aromatic nitrogens is 1. The maximum absolute atomic E-state index is 13.0. The number of nitrogens with zero attached hydrogens (tertiary/aromatic N) is 2. The quantitative estimate of drug-likeness (QED) is 0.796. The fourth-order valence-corrected chi connectivity index (χ4v) is 1.93. The number of anilines is 1. The van der Waals surface area contributed by atoms with E-state index in [0.717, 1.165) is 12.1 Å². The first-order valence-electron chi connectivity index (χ1n) is 7.29. The number of nitrogens with one attached hydrogen (secondary N) is 1. The number of aliphatic hydroxyl groups is 1. The second-order valence-corrected chi connectivity index (χ2v) is 5.54. The Hall–Kier alpha value is -3.12. The van der Waals surface area contributed by atoms with Crippen LogP contribution in [0.4, 0.5) is 24.5 Å². The zero-order chi connectivity index (χ0) is 19.4. The number of carbonyl (C=O) groups is 1. The molecule has 0 spiro atoms. The summed E-state index contributed by atoms with van der Waals surface area (Å²) in [6.45, 7) is 7.54. The van der Waals surface area contributed by atoms with Crippen molar-refractivity contribution in [2.24, 2.45) is 0 Å². The third-order valence-electron chi connectivity index (χ3n) is 3.34. The molecule has 0 bridgehead atoms. The van der Waals surface area contributed by atoms with Crippen LogP contribution in [0.3, 0.4) is 0 Å². The number of benzene rings is 1. The van der Waals surface area contributed by atoms with Gasteiger partial charge in [-0.2, -0.15) is 13.2 Å². The lowest BCUT2D eigenvalue weighted by molar-refractivity contribution is -0.137. The smallest absolute Gasteiger partial charge is 0.407 e. The van der Waals surface area contributed by atoms with Crippen LogP contribution in [0.2, 0.25) is 0 Å². The van der Waals surface area contributed by atoms with Crippen LogP contribution >= 0.6 is 0 Å². The number of alkyl halides is 3. The first-order chi connectivity index (χ1) is 12.1. The van der Waals surface area contributed by atoms with Crippen molar-refractivity contribution in [1.82, 2.24) is 4.98 Å². The highest BCUT2D eigenvalue weighted by Crippen LogP contribution is 2.38. The van der Waals surface area contributed by atoms with Gasteiger partial charge in [0.15, 0.2) is 11.3 Å². The van der Waals surface area contributed by atoms with E-state index in [9.17, 15) is 23.1 Å². The summed E-state index contributed by atoms with van der Waals surface area (Å²) in [6, 6.07) is 5.79. The average Bonchev–Trinajstić information content (AvgIpc) is 2.60. The van der Waals surface area contributed by atoms with Crippen LogP contribution in [0.25, 0.3) is 4.85 Å². The third kappa shape index (κ3) is 4.70. The fraction of sp³-hybridized carbons (Fsp3) is 0.235. The second kappa shape index (κ2) is 7.41. The Morgan fingerprint density at radius 3 is 2.54 bits per heavy atom. The molecule has 1 heterocycles. The second-order valence-electron chi connectivity index (χ2n) is 5.54. The van der Waals surface area contributed by atoms with Crippen LogP contribution in [0, 0.1) is 6.57 Å². The molecule has 0 aliphatic carbocycles. The van der Waals surface area contributed by atoms with Gasteiger partial charge in [0.1, 0.15) is 12.4 Å². The van der Waals surface area contributed by atoms with E-state index >= 15 is 0 Å². The minimum Gasteiger partial charge on any atom is -0.490 e. The van der Waals surface area contributed by atoms with Gasteiger partial charge in [-0.3, -0.25) is 9.78 Å². The topological polar surface area (TPSA) is 75.8 Å². The van der Waals surface area contributed by atoms with Crippen molar-refractivity contribution in [1.29, 1.82) is 0 Å². The summed E-state index contributed by atoms with van der Waals surface area (Å²) in [5.74, 6) is -0.580. The lowest BCUT2D eigenvalue weighted by Crippen LogP contribution is -2.45. The van der Waals surface area contributed by atoms with Gasteiger partial charge in [-0.1, -0.05) is 6.07 Å². The normalized spacial score (nSPS) is 13.4. The molecule has 0 aliphatic rings. The van der Waals surface area contributed by atoms with E-state index < -0.39 is 35.5 Å². The van der Waals surface area contributed by atoms with E-state index in [4.69, 9.17) is 11.3 Å². The fourth-order valence-electron chi connectivity index (χ4n) is 1.93. The first-order valence-corrected chi connectivity index (χ1v) is 7.29. The molecule has 0 fully saturated rings. The van der Waals surface area contributed by atoms with Gasteiger partial charge in [-0.25, -0.2) is 4.85 Å². The minimum absolute atomic E-state index is 0.195. The molecule has 6 nitrogen and oxygen atoms in total. The predicted octanol–water partition coefficient (Wildman–Crippen LogP) is 3.42. The number of amides is 1. The molecule has 0 radical (unpaired) electrons. The number of hydrogen-bond acceptors (Lipinski definition) is 4. The van der Waals surface area contributed by atoms with Gasteiger partial charge >= 0.3 is 6.18 Å². The zero-order valence-corrected chi connectivity index (χ0v) is 13.5. The summed E-state index contributed by atoms with van der Waals surface area (Å²) in [6.07, 6.45) is -1.82. The highest BCUT2D eigenvalue weighted by molar-refractivity contribution is 5.97. The maximum atomic E-state index is 13.0. The van der Waals surface area contributed by atoms with Gasteiger partial charge in [0, 0.05) is 18.1 Å². The van der Waals surface area contributed by atoms with Crippen LogP contribution in [0.15, 0.2) is 42.7 Å². The van der Waals surface area contributed by atoms with Gasteiger partial charge in [-0.05, 0) is 31.2 Å². The Morgan fingerprint density at radius 2 is 1.96 bits per heavy atom. The van der Waals surface area contributed by atoms with Gasteiger partial charge in [0.25, 0.3) is 5.91 Å². The summed E-state index contributed by atoms with van der Waals surface area (Å²) < 4.78 is 44.2. The third-order valence-corrected chi connectivity index (χ3v) is 3.34. The molecule has 2 aromatic rings. The molecule has 2 rings (SSSR count). The monoisotopic (exact) mass is 365 g/mol. The molecule has 1 aromatic carbocycles. The highest BCUT2D eigenvalue weighted by Gasteiger charge is 2.35. The number of pyridine rings is 1. The Labute approximate surface area is 147 Å². The Morgan fingerprint density at radius 1 is 1.31 bits per heavy atom. The van der Waals surface area contributed by atoms with E-state index in [1.807, 2.05) is 0 Å². The van der Waals surface area contributed by atoms with Crippen molar-refractivity contribution in [3.8, 4) is 5.75 Å². The summed E-state index contributed by atoms with van der Waals surface area (Å²) in [5, 5.41) is 12.4. The number of ether oxygens (including phenoxy) is 1. The molecule has 9 heteroatoms. The summed E-state index contributed by atoms with van der Waals surface area (Å²) in [7, 11) is 0. The van der Waals surface area contributed by atoms with Gasteiger partial charge < -0.3 is 15.2 Å². The molecule has 26 heavy (non-hydrogen) atoms. The standard InChI is InChI=1S/C17H14F3N3O3/c1-16(25,10-26-12-5-7-22-8-6-12)15(24)23-11-3-4-14(21-2)13(9-11)17(18,19)20/h3-9,25H,10H2,1H3,(H,23,24)/t16-/m0/s1. The van der Waals surface area contributed by atoms with E-state index in [2.05, 4.69) is 15.1 Å². The SMILES string of the molecule is [C-]#[N+]c1ccc(NC(=O)[C@@](C)(O)COc2ccncc2)cc1C(F)(F)F. The lowest BCUT2D eigenvalue weighted by atomic mass is 10.1. The first kappa shape index (κ1) is 19.2. The largest absolute Gasteiger partial charge is 0.490 e. The van der Waals surface area contributed by atoms with Crippen LogP contribution in [0.1, 0.15) is 12.5 Å². The molecule has 0 saturated carbocycles. The van der Waals surface area contributed by atoms with E-state index in [1.54, 1.807) is 0 Å². The van der Waals surface area contributed by atoms with Crippen molar-refractivity contribution in [2.45, 2.75) is 18.7 Å². The molecule has 1 amide bonds. The molecule has 2 N–H and O–H groups in total. The van der Waals surface area contributed by atoms with Crippen LogP contribution in [-0.4, -0.2) is 28.2 Å². The molecule has 0 saturated heterocycles. The predicted molar refractivity (Wildman–Crippen MR) is 86.7 cm³/mol. The zero-order valence-electron chi connectivity index (χ0n) is 13.5. The van der Waals surface area contributed by atoms with Crippen LogP contribution < -0.4 is 10.1 Å². The van der Waals surface area contributed by atoms with Crippen LogP contribution in [0.5, 0.6) is 5.75 Å². The molecule has 1 aromatic heterocycles. The van der Waals surface area contributed by atoms with Crippen molar-refractivity contribution in [3.63, 3.8) is 0 Å². The summed E-state index contributed by atoms with van der Waals surface area (Å²) in [5.41, 5.74) is -3.94. The van der Waals surface area contributed by atoms with E-state index in [1.165, 1.54) is 31.5 Å². The number of hydrogen-bond donors (Lipinski definition) is 2. The minimum atomic E-state index is -4.74. The van der Waals surface area contributed by atoms with Crippen molar-refractivity contribution >= 4 is 17.3 Å². The molecule has 136 valence electrons. The van der Waals surface area contributed by atoms with E-state index in [0.29, 0.717) is 11.8 Å².